The molecule has 3 nitrogen and oxygen atoms in total. The largest absolute Gasteiger partial charge is 0.364 e. The molecule has 0 aromatic heterocycles. The second-order valence-corrected chi connectivity index (χ2v) is 3.93. The van der Waals surface area contributed by atoms with Crippen LogP contribution in [-0.4, -0.2) is 18.8 Å². The zero-order chi connectivity index (χ0) is 9.54. The van der Waals surface area contributed by atoms with Crippen molar-refractivity contribution in [3.05, 3.63) is 34.9 Å². The minimum absolute atomic E-state index is 0.132. The summed E-state index contributed by atoms with van der Waals surface area (Å²) in [5.74, 6) is 0. The predicted molar refractivity (Wildman–Crippen MR) is 49.9 cm³/mol. The molecule has 0 spiro atoms. The molecule has 0 saturated carbocycles. The molecule has 0 aliphatic carbocycles. The van der Waals surface area contributed by atoms with Crippen molar-refractivity contribution in [3.8, 4) is 0 Å². The van der Waals surface area contributed by atoms with Gasteiger partial charge >= 0.3 is 0 Å². The summed E-state index contributed by atoms with van der Waals surface area (Å²) in [6.45, 7) is 0.529. The quantitative estimate of drug-likeness (QED) is 0.528. The van der Waals surface area contributed by atoms with Crippen LogP contribution in [0.15, 0.2) is 24.3 Å². The van der Waals surface area contributed by atoms with E-state index in [2.05, 4.69) is 0 Å². The summed E-state index contributed by atoms with van der Waals surface area (Å²) >= 11 is 5.89. The Morgan fingerprint density at radius 3 is 3.14 bits per heavy atom. The fourth-order valence-corrected chi connectivity index (χ4v) is 1.92. The molecule has 0 unspecified atom stereocenters. The number of rotatable bonds is 1. The highest BCUT2D eigenvalue weighted by Gasteiger charge is 2.50. The van der Waals surface area contributed by atoms with Crippen molar-refractivity contribution in [2.24, 2.45) is 0 Å². The SMILES string of the molecule is Clc1cccc([C@H]2OOC[C@H]3O[C@@H]23)c1. The van der Waals surface area contributed by atoms with Crippen LogP contribution < -0.4 is 0 Å². The Balaban J connectivity index is 1.87. The molecule has 2 saturated heterocycles. The van der Waals surface area contributed by atoms with Gasteiger partial charge in [-0.1, -0.05) is 23.7 Å². The van der Waals surface area contributed by atoms with Crippen molar-refractivity contribution in [2.75, 3.05) is 6.61 Å². The molecule has 0 amide bonds. The third-order valence-electron chi connectivity index (χ3n) is 2.50. The average Bonchev–Trinajstić information content (AvgIpc) is 2.95. The van der Waals surface area contributed by atoms with Gasteiger partial charge < -0.3 is 4.74 Å². The average molecular weight is 213 g/mol. The zero-order valence-corrected chi connectivity index (χ0v) is 8.11. The van der Waals surface area contributed by atoms with Crippen LogP contribution in [0.3, 0.4) is 0 Å². The fraction of sp³-hybridized carbons (Fsp3) is 0.400. The van der Waals surface area contributed by atoms with Crippen molar-refractivity contribution < 1.29 is 14.5 Å². The molecule has 2 aliphatic rings. The molecule has 14 heavy (non-hydrogen) atoms. The van der Waals surface area contributed by atoms with E-state index in [0.717, 1.165) is 5.56 Å². The van der Waals surface area contributed by atoms with Crippen LogP contribution >= 0.6 is 11.6 Å². The Labute approximate surface area is 86.5 Å². The summed E-state index contributed by atoms with van der Waals surface area (Å²) in [7, 11) is 0. The lowest BCUT2D eigenvalue weighted by Gasteiger charge is -2.18. The molecule has 1 aromatic rings. The summed E-state index contributed by atoms with van der Waals surface area (Å²) in [6, 6.07) is 7.57. The second-order valence-electron chi connectivity index (χ2n) is 3.50. The van der Waals surface area contributed by atoms with Gasteiger partial charge in [-0.3, -0.25) is 0 Å². The van der Waals surface area contributed by atoms with E-state index in [0.29, 0.717) is 11.6 Å². The lowest BCUT2D eigenvalue weighted by molar-refractivity contribution is -0.339. The van der Waals surface area contributed by atoms with Crippen molar-refractivity contribution in [2.45, 2.75) is 18.3 Å². The monoisotopic (exact) mass is 212 g/mol. The number of epoxide rings is 1. The Bertz CT molecular complexity index is 355. The Hall–Kier alpha value is -0.610. The highest BCUT2D eigenvalue weighted by Crippen LogP contribution is 2.41. The van der Waals surface area contributed by atoms with Gasteiger partial charge in [0.1, 0.15) is 24.9 Å². The third-order valence-corrected chi connectivity index (χ3v) is 2.74. The standard InChI is InChI=1S/C10H9ClO3/c11-7-3-1-2-6(4-7)9-10-8(13-10)5-12-14-9/h1-4,8-10H,5H2/t8-,9-,10-/m1/s1. The maximum Gasteiger partial charge on any atom is 0.147 e. The fourth-order valence-electron chi connectivity index (χ4n) is 1.72. The number of halogens is 1. The van der Waals surface area contributed by atoms with E-state index < -0.39 is 0 Å². The van der Waals surface area contributed by atoms with Crippen LogP contribution in [0.4, 0.5) is 0 Å². The predicted octanol–water partition coefficient (Wildman–Crippen LogP) is 2.11. The molecule has 1 aromatic carbocycles. The minimum Gasteiger partial charge on any atom is -0.364 e. The molecule has 3 rings (SSSR count). The van der Waals surface area contributed by atoms with Gasteiger partial charge in [-0.25, -0.2) is 9.78 Å². The maximum atomic E-state index is 5.89. The van der Waals surface area contributed by atoms with Crippen molar-refractivity contribution in [1.82, 2.24) is 0 Å². The Morgan fingerprint density at radius 2 is 2.29 bits per heavy atom. The number of ether oxygens (including phenoxy) is 1. The molecule has 0 radical (unpaired) electrons. The first kappa shape index (κ1) is 8.68. The molecule has 2 heterocycles. The Kier molecular flexibility index (Phi) is 1.99. The van der Waals surface area contributed by atoms with Gasteiger partial charge in [0.25, 0.3) is 0 Å². The summed E-state index contributed by atoms with van der Waals surface area (Å²) in [5, 5.41) is 0.703. The van der Waals surface area contributed by atoms with Crippen LogP contribution in [0.2, 0.25) is 5.02 Å². The topological polar surface area (TPSA) is 31.0 Å². The molecular formula is C10H9ClO3. The molecule has 0 bridgehead atoms. The third kappa shape index (κ3) is 1.42. The van der Waals surface area contributed by atoms with Gasteiger partial charge in [-0.15, -0.1) is 0 Å². The number of benzene rings is 1. The van der Waals surface area contributed by atoms with Crippen LogP contribution in [0.5, 0.6) is 0 Å². The van der Waals surface area contributed by atoms with Crippen molar-refractivity contribution >= 4 is 11.6 Å². The molecule has 4 heteroatoms. The highest BCUT2D eigenvalue weighted by molar-refractivity contribution is 6.30. The smallest absolute Gasteiger partial charge is 0.147 e. The zero-order valence-electron chi connectivity index (χ0n) is 7.35. The van der Waals surface area contributed by atoms with Crippen LogP contribution in [0, 0.1) is 0 Å². The first-order chi connectivity index (χ1) is 6.84. The second kappa shape index (κ2) is 3.21. The number of hydrogen-bond acceptors (Lipinski definition) is 3. The van der Waals surface area contributed by atoms with Gasteiger partial charge in [-0.2, -0.15) is 0 Å². The van der Waals surface area contributed by atoms with E-state index >= 15 is 0 Å². The maximum absolute atomic E-state index is 5.89. The lowest BCUT2D eigenvalue weighted by Crippen LogP contribution is -2.22. The number of fused-ring (bicyclic) bond motifs is 1. The normalized spacial score (nSPS) is 35.1. The first-order valence-electron chi connectivity index (χ1n) is 4.54. The minimum atomic E-state index is -0.132. The van der Waals surface area contributed by atoms with Gasteiger partial charge in [0.2, 0.25) is 0 Å². The summed E-state index contributed by atoms with van der Waals surface area (Å²) < 4.78 is 5.39. The van der Waals surface area contributed by atoms with Crippen LogP contribution in [-0.2, 0) is 14.5 Å². The van der Waals surface area contributed by atoms with Crippen molar-refractivity contribution in [3.63, 3.8) is 0 Å². The van der Waals surface area contributed by atoms with Gasteiger partial charge in [0.05, 0.1) is 0 Å². The summed E-state index contributed by atoms with van der Waals surface area (Å²) in [4.78, 5) is 10.2. The molecule has 3 atom stereocenters. The lowest BCUT2D eigenvalue weighted by atomic mass is 10.0. The molecule has 2 aliphatic heterocycles. The van der Waals surface area contributed by atoms with Crippen LogP contribution in [0.1, 0.15) is 11.7 Å². The van der Waals surface area contributed by atoms with Crippen molar-refractivity contribution in [1.29, 1.82) is 0 Å². The molecular weight excluding hydrogens is 204 g/mol. The number of hydrogen-bond donors (Lipinski definition) is 0. The van der Waals surface area contributed by atoms with Gasteiger partial charge in [0, 0.05) is 5.02 Å². The van der Waals surface area contributed by atoms with E-state index in [-0.39, 0.29) is 18.3 Å². The molecule has 0 N–H and O–H groups in total. The molecule has 74 valence electrons. The van der Waals surface area contributed by atoms with E-state index in [1.165, 1.54) is 0 Å². The van der Waals surface area contributed by atoms with E-state index in [1.807, 2.05) is 24.3 Å². The van der Waals surface area contributed by atoms with Gasteiger partial charge in [0.15, 0.2) is 0 Å². The van der Waals surface area contributed by atoms with E-state index in [9.17, 15) is 0 Å². The first-order valence-corrected chi connectivity index (χ1v) is 4.91. The molecule has 2 fully saturated rings. The van der Waals surface area contributed by atoms with Crippen LogP contribution in [0.25, 0.3) is 0 Å². The van der Waals surface area contributed by atoms with E-state index in [1.54, 1.807) is 0 Å². The summed E-state index contributed by atoms with van der Waals surface area (Å²) in [5.41, 5.74) is 1.00. The van der Waals surface area contributed by atoms with Gasteiger partial charge in [-0.05, 0) is 17.7 Å². The summed E-state index contributed by atoms with van der Waals surface area (Å²) in [6.07, 6.45) is 0.211. The van der Waals surface area contributed by atoms with E-state index in [4.69, 9.17) is 26.1 Å². The highest BCUT2D eigenvalue weighted by atomic mass is 35.5. The Morgan fingerprint density at radius 1 is 1.36 bits per heavy atom.